The molecule has 0 unspecified atom stereocenters. The van der Waals surface area contributed by atoms with Crippen LogP contribution >= 0.6 is 0 Å². The zero-order valence-electron chi connectivity index (χ0n) is 20.9. The number of oxazole rings is 2. The topological polar surface area (TPSA) is 52.1 Å². The maximum absolute atomic E-state index is 6.21. The highest BCUT2D eigenvalue weighted by molar-refractivity contribution is 6.03. The van der Waals surface area contributed by atoms with Crippen molar-refractivity contribution >= 4 is 33.0 Å². The Morgan fingerprint density at radius 2 is 1.06 bits per heavy atom. The number of aromatic nitrogens is 2. The van der Waals surface area contributed by atoms with Crippen LogP contribution in [-0.4, -0.2) is 9.97 Å². The van der Waals surface area contributed by atoms with Gasteiger partial charge in [-0.2, -0.15) is 0 Å². The zero-order valence-corrected chi connectivity index (χ0v) is 20.9. The molecule has 0 atom stereocenters. The average Bonchev–Trinajstić information content (AvgIpc) is 3.53. The molecule has 0 saturated carbocycles. The lowest BCUT2D eigenvalue weighted by Gasteiger charge is -2.07. The van der Waals surface area contributed by atoms with Crippen molar-refractivity contribution in [3.63, 3.8) is 0 Å². The second kappa shape index (κ2) is 9.62. The lowest BCUT2D eigenvalue weighted by molar-refractivity contribution is 0.618. The standard InChI is InChI=1S/C32H30N2O2/c1-3-5-9-21-13-17-29-27(19-21)33-31(35-29)25-15-16-26(24-12-8-7-11-23(24)25)32-34-28-20-22(10-6-4-2)14-18-30(28)36-32/h7-8,11-20H,3-6,9-10H2,1-2H3. The molecule has 0 fully saturated rings. The van der Waals surface area contributed by atoms with Crippen LogP contribution < -0.4 is 0 Å². The largest absolute Gasteiger partial charge is 0.436 e. The van der Waals surface area contributed by atoms with Crippen molar-refractivity contribution in [1.29, 1.82) is 0 Å². The van der Waals surface area contributed by atoms with Gasteiger partial charge in [0.25, 0.3) is 0 Å². The van der Waals surface area contributed by atoms with Gasteiger partial charge < -0.3 is 8.83 Å². The molecule has 0 aliphatic rings. The van der Waals surface area contributed by atoms with E-state index in [1.54, 1.807) is 0 Å². The average molecular weight is 475 g/mol. The Kier molecular flexibility index (Phi) is 6.02. The number of hydrogen-bond donors (Lipinski definition) is 0. The first-order valence-electron chi connectivity index (χ1n) is 13.0. The summed E-state index contributed by atoms with van der Waals surface area (Å²) in [5.74, 6) is 1.28. The smallest absolute Gasteiger partial charge is 0.227 e. The molecule has 36 heavy (non-hydrogen) atoms. The second-order valence-corrected chi connectivity index (χ2v) is 9.56. The first-order valence-corrected chi connectivity index (χ1v) is 13.0. The van der Waals surface area contributed by atoms with Crippen LogP contribution in [-0.2, 0) is 12.8 Å². The molecule has 0 saturated heterocycles. The van der Waals surface area contributed by atoms with Gasteiger partial charge in [0.2, 0.25) is 11.8 Å². The highest BCUT2D eigenvalue weighted by atomic mass is 16.4. The van der Waals surface area contributed by atoms with Crippen LogP contribution in [0.15, 0.2) is 81.6 Å². The molecule has 0 amide bonds. The third-order valence-corrected chi connectivity index (χ3v) is 6.93. The summed E-state index contributed by atoms with van der Waals surface area (Å²) >= 11 is 0. The van der Waals surface area contributed by atoms with Crippen molar-refractivity contribution in [2.75, 3.05) is 0 Å². The van der Waals surface area contributed by atoms with Crippen LogP contribution in [0, 0.1) is 0 Å². The van der Waals surface area contributed by atoms with Crippen LogP contribution in [0.4, 0.5) is 0 Å². The van der Waals surface area contributed by atoms with Gasteiger partial charge in [-0.1, -0.05) is 63.1 Å². The van der Waals surface area contributed by atoms with Gasteiger partial charge in [0.15, 0.2) is 11.2 Å². The van der Waals surface area contributed by atoms with Crippen molar-refractivity contribution in [1.82, 2.24) is 9.97 Å². The summed E-state index contributed by atoms with van der Waals surface area (Å²) in [5, 5.41) is 2.14. The molecular formula is C32H30N2O2. The number of aryl methyl sites for hydroxylation is 2. The number of benzene rings is 4. The summed E-state index contributed by atoms with van der Waals surface area (Å²) in [6.45, 7) is 4.43. The van der Waals surface area contributed by atoms with E-state index in [4.69, 9.17) is 18.8 Å². The minimum absolute atomic E-state index is 0.638. The number of fused-ring (bicyclic) bond motifs is 3. The lowest BCUT2D eigenvalue weighted by atomic mass is 9.99. The Balaban J connectivity index is 1.41. The Morgan fingerprint density at radius 1 is 0.583 bits per heavy atom. The molecule has 0 aliphatic heterocycles. The highest BCUT2D eigenvalue weighted by Crippen LogP contribution is 2.37. The molecule has 6 aromatic rings. The normalized spacial score (nSPS) is 11.7. The Labute approximate surface area is 211 Å². The predicted octanol–water partition coefficient (Wildman–Crippen LogP) is 9.14. The van der Waals surface area contributed by atoms with E-state index in [1.807, 2.05) is 24.3 Å². The highest BCUT2D eigenvalue weighted by Gasteiger charge is 2.17. The molecule has 0 radical (unpaired) electrons. The molecule has 0 bridgehead atoms. The fourth-order valence-electron chi connectivity index (χ4n) is 4.92. The van der Waals surface area contributed by atoms with Crippen molar-refractivity contribution in [3.05, 3.63) is 83.9 Å². The van der Waals surface area contributed by atoms with Gasteiger partial charge in [0.1, 0.15) is 11.0 Å². The zero-order chi connectivity index (χ0) is 24.5. The van der Waals surface area contributed by atoms with Crippen molar-refractivity contribution < 1.29 is 8.83 Å². The van der Waals surface area contributed by atoms with Crippen molar-refractivity contribution in [2.45, 2.75) is 52.4 Å². The van der Waals surface area contributed by atoms with Crippen LogP contribution in [0.2, 0.25) is 0 Å². The molecule has 0 aliphatic carbocycles. The lowest BCUT2D eigenvalue weighted by Crippen LogP contribution is -1.86. The maximum atomic E-state index is 6.21. The van der Waals surface area contributed by atoms with Crippen molar-refractivity contribution in [2.24, 2.45) is 0 Å². The SMILES string of the molecule is CCCCc1ccc2oc(-c3ccc(-c4nc5cc(CCCC)ccc5o4)c4ccccc34)nc2c1. The molecule has 6 rings (SSSR count). The second-order valence-electron chi connectivity index (χ2n) is 9.56. The van der Waals surface area contributed by atoms with Gasteiger partial charge in [0, 0.05) is 11.1 Å². The van der Waals surface area contributed by atoms with Gasteiger partial charge in [-0.15, -0.1) is 0 Å². The van der Waals surface area contributed by atoms with Gasteiger partial charge in [-0.3, -0.25) is 0 Å². The van der Waals surface area contributed by atoms with Crippen LogP contribution in [0.1, 0.15) is 50.7 Å². The minimum Gasteiger partial charge on any atom is -0.436 e. The van der Waals surface area contributed by atoms with Crippen LogP contribution in [0.25, 0.3) is 55.9 Å². The van der Waals surface area contributed by atoms with Crippen LogP contribution in [0.5, 0.6) is 0 Å². The van der Waals surface area contributed by atoms with Gasteiger partial charge in [0.05, 0.1) is 0 Å². The monoisotopic (exact) mass is 474 g/mol. The van der Waals surface area contributed by atoms with E-state index < -0.39 is 0 Å². The summed E-state index contributed by atoms with van der Waals surface area (Å²) in [5.41, 5.74) is 8.00. The Morgan fingerprint density at radius 3 is 1.50 bits per heavy atom. The predicted molar refractivity (Wildman–Crippen MR) is 147 cm³/mol. The minimum atomic E-state index is 0.638. The number of rotatable bonds is 8. The van der Waals surface area contributed by atoms with E-state index in [9.17, 15) is 0 Å². The summed E-state index contributed by atoms with van der Waals surface area (Å²) < 4.78 is 12.4. The van der Waals surface area contributed by atoms with E-state index in [2.05, 4.69) is 62.4 Å². The molecule has 180 valence electrons. The van der Waals surface area contributed by atoms with E-state index in [-0.39, 0.29) is 0 Å². The summed E-state index contributed by atoms with van der Waals surface area (Å²) in [4.78, 5) is 9.73. The number of unbranched alkanes of at least 4 members (excludes halogenated alkanes) is 2. The molecule has 4 nitrogen and oxygen atoms in total. The molecule has 4 aromatic carbocycles. The van der Waals surface area contributed by atoms with Crippen LogP contribution in [0.3, 0.4) is 0 Å². The van der Waals surface area contributed by atoms with E-state index >= 15 is 0 Å². The Bertz CT molecular complexity index is 1550. The summed E-state index contributed by atoms with van der Waals surface area (Å²) in [6.07, 6.45) is 6.85. The maximum Gasteiger partial charge on any atom is 0.227 e. The molecule has 4 heteroatoms. The fourth-order valence-corrected chi connectivity index (χ4v) is 4.92. The van der Waals surface area contributed by atoms with E-state index in [0.29, 0.717) is 11.8 Å². The first kappa shape index (κ1) is 22.5. The molecule has 0 spiro atoms. The van der Waals surface area contributed by atoms with Crippen molar-refractivity contribution in [3.8, 4) is 22.9 Å². The number of hydrogen-bond acceptors (Lipinski definition) is 4. The summed E-state index contributed by atoms with van der Waals surface area (Å²) in [7, 11) is 0. The molecule has 2 aromatic heterocycles. The van der Waals surface area contributed by atoms with E-state index in [1.165, 1.54) is 36.8 Å². The number of nitrogens with zero attached hydrogens (tertiary/aromatic N) is 2. The third kappa shape index (κ3) is 4.17. The summed E-state index contributed by atoms with van der Waals surface area (Å²) in [6, 6.07) is 25.2. The molecule has 0 N–H and O–H groups in total. The van der Waals surface area contributed by atoms with Gasteiger partial charge in [-0.25, -0.2) is 9.97 Å². The molecular weight excluding hydrogens is 444 g/mol. The Hall–Kier alpha value is -3.92. The fraction of sp³-hybridized carbons (Fsp3) is 0.250. The van der Waals surface area contributed by atoms with E-state index in [0.717, 1.165) is 56.9 Å². The third-order valence-electron chi connectivity index (χ3n) is 6.93. The first-order chi connectivity index (χ1) is 17.7. The molecule has 2 heterocycles. The van der Waals surface area contributed by atoms with Gasteiger partial charge in [-0.05, 0) is 84.0 Å². The quantitative estimate of drug-likeness (QED) is 0.221. The van der Waals surface area contributed by atoms with Gasteiger partial charge >= 0.3 is 0 Å².